The number of nitrogens with zero attached hydrogens (tertiary/aromatic N) is 1. The molecule has 5 heteroatoms. The average Bonchev–Trinajstić information content (AvgIpc) is 2.73. The minimum Gasteiger partial charge on any atom is -0.497 e. The monoisotopic (exact) mass is 366 g/mol. The first-order chi connectivity index (χ1) is 13.1. The van der Waals surface area contributed by atoms with Crippen LogP contribution in [-0.2, 0) is 0 Å². The maximum absolute atomic E-state index is 12.8. The van der Waals surface area contributed by atoms with Gasteiger partial charge < -0.3 is 15.0 Å². The molecule has 1 unspecified atom stereocenters. The quantitative estimate of drug-likeness (QED) is 0.856. The van der Waals surface area contributed by atoms with Crippen molar-refractivity contribution in [2.45, 2.75) is 38.6 Å². The standard InChI is InChI=1S/C22H26N2O3/c1-3-19-6-4-5-15-24(19)22(26)17-9-7-16(8-10-17)21(25)23-18-11-13-20(27-2)14-12-18/h7-14,19H,3-6,15H2,1-2H3,(H,23,25). The van der Waals surface area contributed by atoms with E-state index in [4.69, 9.17) is 4.74 Å². The predicted octanol–water partition coefficient (Wildman–Crippen LogP) is 4.35. The Morgan fingerprint density at radius 2 is 1.70 bits per heavy atom. The van der Waals surface area contributed by atoms with Crippen LogP contribution in [0.4, 0.5) is 5.69 Å². The highest BCUT2D eigenvalue weighted by Crippen LogP contribution is 2.22. The topological polar surface area (TPSA) is 58.6 Å². The maximum Gasteiger partial charge on any atom is 0.255 e. The molecule has 0 spiro atoms. The third-order valence-corrected chi connectivity index (χ3v) is 5.10. The molecule has 0 aliphatic carbocycles. The summed E-state index contributed by atoms with van der Waals surface area (Å²) in [5.74, 6) is 0.589. The lowest BCUT2D eigenvalue weighted by Gasteiger charge is -2.35. The average molecular weight is 366 g/mol. The zero-order valence-corrected chi connectivity index (χ0v) is 15.9. The van der Waals surface area contributed by atoms with Gasteiger partial charge in [0.05, 0.1) is 7.11 Å². The summed E-state index contributed by atoms with van der Waals surface area (Å²) in [6.45, 7) is 2.94. The van der Waals surface area contributed by atoms with Crippen LogP contribution in [0.15, 0.2) is 48.5 Å². The van der Waals surface area contributed by atoms with E-state index in [-0.39, 0.29) is 11.8 Å². The fraction of sp³-hybridized carbons (Fsp3) is 0.364. The molecule has 5 nitrogen and oxygen atoms in total. The molecule has 1 atom stereocenters. The number of hydrogen-bond donors (Lipinski definition) is 1. The van der Waals surface area contributed by atoms with Crippen LogP contribution in [0.1, 0.15) is 53.3 Å². The number of nitrogens with one attached hydrogen (secondary N) is 1. The molecule has 1 fully saturated rings. The Hall–Kier alpha value is -2.82. The number of amides is 2. The van der Waals surface area contributed by atoms with Crippen molar-refractivity contribution in [1.82, 2.24) is 4.90 Å². The molecule has 1 saturated heterocycles. The first-order valence-corrected chi connectivity index (χ1v) is 9.48. The fourth-order valence-electron chi connectivity index (χ4n) is 3.50. The van der Waals surface area contributed by atoms with Crippen molar-refractivity contribution in [3.63, 3.8) is 0 Å². The Labute approximate surface area is 160 Å². The Morgan fingerprint density at radius 3 is 2.33 bits per heavy atom. The molecule has 1 aliphatic heterocycles. The molecule has 2 aromatic carbocycles. The Balaban J connectivity index is 1.66. The van der Waals surface area contributed by atoms with Crippen molar-refractivity contribution < 1.29 is 14.3 Å². The minimum absolute atomic E-state index is 0.0589. The van der Waals surface area contributed by atoms with E-state index in [1.54, 1.807) is 55.6 Å². The number of hydrogen-bond acceptors (Lipinski definition) is 3. The van der Waals surface area contributed by atoms with Gasteiger partial charge in [0.25, 0.3) is 11.8 Å². The molecule has 0 radical (unpaired) electrons. The molecule has 0 aromatic heterocycles. The van der Waals surface area contributed by atoms with Crippen LogP contribution < -0.4 is 10.1 Å². The van der Waals surface area contributed by atoms with E-state index in [1.807, 2.05) is 4.90 Å². The van der Waals surface area contributed by atoms with Crippen LogP contribution in [0.25, 0.3) is 0 Å². The molecule has 2 aromatic rings. The highest BCUT2D eigenvalue weighted by atomic mass is 16.5. The number of rotatable bonds is 5. The van der Waals surface area contributed by atoms with Gasteiger partial charge in [0.2, 0.25) is 0 Å². The number of carbonyl (C=O) groups excluding carboxylic acids is 2. The molecule has 27 heavy (non-hydrogen) atoms. The van der Waals surface area contributed by atoms with Crippen LogP contribution in [-0.4, -0.2) is 36.4 Å². The van der Waals surface area contributed by atoms with Crippen LogP contribution in [0.3, 0.4) is 0 Å². The molecule has 0 saturated carbocycles. The summed E-state index contributed by atoms with van der Waals surface area (Å²) in [4.78, 5) is 27.2. The van der Waals surface area contributed by atoms with E-state index in [9.17, 15) is 9.59 Å². The number of anilines is 1. The number of likely N-dealkylation sites (tertiary alicyclic amines) is 1. The van der Waals surface area contributed by atoms with E-state index >= 15 is 0 Å². The summed E-state index contributed by atoms with van der Waals surface area (Å²) in [5, 5.41) is 2.85. The Kier molecular flexibility index (Phi) is 6.12. The Morgan fingerprint density at radius 1 is 1.04 bits per heavy atom. The molecule has 2 amide bonds. The Bertz CT molecular complexity index is 784. The van der Waals surface area contributed by atoms with Gasteiger partial charge in [-0.15, -0.1) is 0 Å². The van der Waals surface area contributed by atoms with E-state index in [1.165, 1.54) is 6.42 Å². The second kappa shape index (κ2) is 8.71. The van der Waals surface area contributed by atoms with Crippen LogP contribution in [0.5, 0.6) is 5.75 Å². The van der Waals surface area contributed by atoms with Gasteiger partial charge in [-0.1, -0.05) is 6.92 Å². The van der Waals surface area contributed by atoms with E-state index in [0.717, 1.165) is 31.6 Å². The second-order valence-electron chi connectivity index (χ2n) is 6.82. The van der Waals surface area contributed by atoms with Gasteiger partial charge in [-0.2, -0.15) is 0 Å². The van der Waals surface area contributed by atoms with Gasteiger partial charge in [-0.05, 0) is 74.2 Å². The van der Waals surface area contributed by atoms with E-state index in [0.29, 0.717) is 22.9 Å². The smallest absolute Gasteiger partial charge is 0.255 e. The summed E-state index contributed by atoms with van der Waals surface area (Å²) < 4.78 is 5.11. The van der Waals surface area contributed by atoms with Gasteiger partial charge in [0, 0.05) is 29.4 Å². The molecule has 1 N–H and O–H groups in total. The van der Waals surface area contributed by atoms with Crippen molar-refractivity contribution in [2.75, 3.05) is 19.0 Å². The van der Waals surface area contributed by atoms with Crippen LogP contribution in [0.2, 0.25) is 0 Å². The molecular weight excluding hydrogens is 340 g/mol. The summed E-state index contributed by atoms with van der Waals surface area (Å²) in [6.07, 6.45) is 4.30. The van der Waals surface area contributed by atoms with Crippen molar-refractivity contribution in [1.29, 1.82) is 0 Å². The van der Waals surface area contributed by atoms with Gasteiger partial charge in [-0.3, -0.25) is 9.59 Å². The molecule has 0 bridgehead atoms. The van der Waals surface area contributed by atoms with Crippen LogP contribution >= 0.6 is 0 Å². The SMILES string of the molecule is CCC1CCCCN1C(=O)c1ccc(C(=O)Nc2ccc(OC)cc2)cc1. The van der Waals surface area contributed by atoms with Crippen molar-refractivity contribution >= 4 is 17.5 Å². The van der Waals surface area contributed by atoms with E-state index in [2.05, 4.69) is 12.2 Å². The zero-order chi connectivity index (χ0) is 19.2. The fourth-order valence-corrected chi connectivity index (χ4v) is 3.50. The summed E-state index contributed by atoms with van der Waals surface area (Å²) in [6, 6.07) is 14.4. The van der Waals surface area contributed by atoms with Crippen molar-refractivity contribution in [2.24, 2.45) is 0 Å². The first kappa shape index (κ1) is 19.0. The number of ether oxygens (including phenoxy) is 1. The van der Waals surface area contributed by atoms with Crippen molar-refractivity contribution in [3.8, 4) is 5.75 Å². The number of piperidine rings is 1. The summed E-state index contributed by atoms with van der Waals surface area (Å²) >= 11 is 0. The van der Waals surface area contributed by atoms with Crippen LogP contribution in [0, 0.1) is 0 Å². The number of benzene rings is 2. The molecular formula is C22H26N2O3. The minimum atomic E-state index is -0.205. The highest BCUT2D eigenvalue weighted by molar-refractivity contribution is 6.05. The van der Waals surface area contributed by atoms with Crippen molar-refractivity contribution in [3.05, 3.63) is 59.7 Å². The lowest BCUT2D eigenvalue weighted by Crippen LogP contribution is -2.43. The normalized spacial score (nSPS) is 16.7. The summed E-state index contributed by atoms with van der Waals surface area (Å²) in [7, 11) is 1.60. The van der Waals surface area contributed by atoms with Gasteiger partial charge in [-0.25, -0.2) is 0 Å². The number of carbonyl (C=O) groups is 2. The lowest BCUT2D eigenvalue weighted by atomic mass is 9.98. The lowest BCUT2D eigenvalue weighted by molar-refractivity contribution is 0.0607. The highest BCUT2D eigenvalue weighted by Gasteiger charge is 2.26. The van der Waals surface area contributed by atoms with E-state index < -0.39 is 0 Å². The van der Waals surface area contributed by atoms with Gasteiger partial charge in [0.15, 0.2) is 0 Å². The molecule has 142 valence electrons. The third-order valence-electron chi connectivity index (χ3n) is 5.10. The predicted molar refractivity (Wildman–Crippen MR) is 106 cm³/mol. The second-order valence-corrected chi connectivity index (χ2v) is 6.82. The van der Waals surface area contributed by atoms with Gasteiger partial charge >= 0.3 is 0 Å². The maximum atomic E-state index is 12.8. The molecule has 1 heterocycles. The van der Waals surface area contributed by atoms with Gasteiger partial charge in [0.1, 0.15) is 5.75 Å². The molecule has 1 aliphatic rings. The summed E-state index contributed by atoms with van der Waals surface area (Å²) in [5.41, 5.74) is 1.85. The zero-order valence-electron chi connectivity index (χ0n) is 15.9. The largest absolute Gasteiger partial charge is 0.497 e. The third kappa shape index (κ3) is 4.48. The number of methoxy groups -OCH3 is 1. The molecule has 3 rings (SSSR count). The first-order valence-electron chi connectivity index (χ1n) is 9.48.